The molecule has 1 fully saturated rings. The van der Waals surface area contributed by atoms with Crippen molar-refractivity contribution in [3.63, 3.8) is 0 Å². The molecule has 0 aliphatic heterocycles. The van der Waals surface area contributed by atoms with Gasteiger partial charge in [-0.1, -0.05) is 12.8 Å². The fourth-order valence-corrected chi connectivity index (χ4v) is 2.37. The van der Waals surface area contributed by atoms with E-state index in [9.17, 15) is 0 Å². The lowest BCUT2D eigenvalue weighted by atomic mass is 10.0. The molecule has 82 valence electrons. The molecule has 0 saturated heterocycles. The largest absolute Gasteiger partial charge is 0.351 e. The molecular weight excluding hydrogens is 254 g/mol. The van der Waals surface area contributed by atoms with Crippen LogP contribution in [0, 0.1) is 5.92 Å². The standard InChI is InChI=1S/C11H16BrN3/c1-8(9-4-2-3-5-9)15-11-13-6-10(12)7-14-11/h6-9H,2-5H2,1H3,(H,13,14,15). The molecule has 1 aliphatic carbocycles. The van der Waals surface area contributed by atoms with Gasteiger partial charge in [-0.15, -0.1) is 0 Å². The van der Waals surface area contributed by atoms with Gasteiger partial charge in [0.15, 0.2) is 0 Å². The van der Waals surface area contributed by atoms with Gasteiger partial charge in [-0.25, -0.2) is 9.97 Å². The summed E-state index contributed by atoms with van der Waals surface area (Å²) in [5.74, 6) is 1.52. The molecule has 1 unspecified atom stereocenters. The fourth-order valence-electron chi connectivity index (χ4n) is 2.17. The van der Waals surface area contributed by atoms with Crippen LogP contribution >= 0.6 is 15.9 Å². The van der Waals surface area contributed by atoms with Crippen LogP contribution in [0.2, 0.25) is 0 Å². The minimum Gasteiger partial charge on any atom is -0.351 e. The average molecular weight is 270 g/mol. The van der Waals surface area contributed by atoms with E-state index >= 15 is 0 Å². The van der Waals surface area contributed by atoms with Gasteiger partial charge >= 0.3 is 0 Å². The van der Waals surface area contributed by atoms with Gasteiger partial charge in [0.2, 0.25) is 5.95 Å². The lowest BCUT2D eigenvalue weighted by molar-refractivity contribution is 0.480. The van der Waals surface area contributed by atoms with Crippen molar-refractivity contribution in [3.8, 4) is 0 Å². The van der Waals surface area contributed by atoms with Crippen LogP contribution in [-0.2, 0) is 0 Å². The van der Waals surface area contributed by atoms with E-state index in [1.165, 1.54) is 25.7 Å². The summed E-state index contributed by atoms with van der Waals surface area (Å²) in [6.07, 6.45) is 8.97. The molecule has 0 amide bonds. The predicted molar refractivity (Wildman–Crippen MR) is 64.8 cm³/mol. The van der Waals surface area contributed by atoms with E-state index in [2.05, 4.69) is 38.1 Å². The van der Waals surface area contributed by atoms with Crippen molar-refractivity contribution in [3.05, 3.63) is 16.9 Å². The third-order valence-electron chi connectivity index (χ3n) is 3.08. The van der Waals surface area contributed by atoms with Crippen LogP contribution in [0.25, 0.3) is 0 Å². The minimum absolute atomic E-state index is 0.480. The maximum atomic E-state index is 4.22. The first-order chi connectivity index (χ1) is 7.25. The lowest BCUT2D eigenvalue weighted by Crippen LogP contribution is -2.24. The van der Waals surface area contributed by atoms with Crippen LogP contribution < -0.4 is 5.32 Å². The zero-order valence-electron chi connectivity index (χ0n) is 8.91. The minimum atomic E-state index is 0.480. The molecule has 4 heteroatoms. The molecule has 0 bridgehead atoms. The van der Waals surface area contributed by atoms with Crippen molar-refractivity contribution in [2.75, 3.05) is 5.32 Å². The zero-order chi connectivity index (χ0) is 10.7. The van der Waals surface area contributed by atoms with Gasteiger partial charge in [-0.05, 0) is 41.6 Å². The number of aromatic nitrogens is 2. The van der Waals surface area contributed by atoms with E-state index < -0.39 is 0 Å². The summed E-state index contributed by atoms with van der Waals surface area (Å²) in [6, 6.07) is 0.480. The first-order valence-corrected chi connectivity index (χ1v) is 6.29. The molecule has 1 aromatic heterocycles. The highest BCUT2D eigenvalue weighted by Crippen LogP contribution is 2.28. The summed E-state index contributed by atoms with van der Waals surface area (Å²) in [4.78, 5) is 8.44. The van der Waals surface area contributed by atoms with Gasteiger partial charge in [-0.3, -0.25) is 0 Å². The molecule has 1 aliphatic rings. The SMILES string of the molecule is CC(Nc1ncc(Br)cn1)C1CCCC1. The Morgan fingerprint density at radius 3 is 2.53 bits per heavy atom. The van der Waals surface area contributed by atoms with Gasteiger partial charge in [0, 0.05) is 18.4 Å². The Kier molecular flexibility index (Phi) is 3.57. The van der Waals surface area contributed by atoms with Gasteiger partial charge < -0.3 is 5.32 Å². The zero-order valence-corrected chi connectivity index (χ0v) is 10.5. The Bertz CT molecular complexity index is 306. The van der Waals surface area contributed by atoms with Gasteiger partial charge in [0.05, 0.1) is 4.47 Å². The molecule has 2 rings (SSSR count). The van der Waals surface area contributed by atoms with Crippen LogP contribution in [0.4, 0.5) is 5.95 Å². The Hall–Kier alpha value is -0.640. The molecule has 1 N–H and O–H groups in total. The Labute approximate surface area is 98.8 Å². The first kappa shape index (κ1) is 10.9. The number of nitrogens with zero attached hydrogens (tertiary/aromatic N) is 2. The highest BCUT2D eigenvalue weighted by molar-refractivity contribution is 9.10. The monoisotopic (exact) mass is 269 g/mol. The highest BCUT2D eigenvalue weighted by atomic mass is 79.9. The summed E-state index contributed by atoms with van der Waals surface area (Å²) in [5.41, 5.74) is 0. The van der Waals surface area contributed by atoms with Crippen LogP contribution in [0.1, 0.15) is 32.6 Å². The molecule has 1 saturated carbocycles. The summed E-state index contributed by atoms with van der Waals surface area (Å²) in [6.45, 7) is 2.22. The maximum Gasteiger partial charge on any atom is 0.222 e. The predicted octanol–water partition coefficient (Wildman–Crippen LogP) is 3.23. The second kappa shape index (κ2) is 4.92. The van der Waals surface area contributed by atoms with E-state index in [1.54, 1.807) is 12.4 Å². The van der Waals surface area contributed by atoms with Gasteiger partial charge in [0.1, 0.15) is 0 Å². The van der Waals surface area contributed by atoms with Crippen molar-refractivity contribution in [1.82, 2.24) is 9.97 Å². The molecule has 0 radical (unpaired) electrons. The molecule has 0 spiro atoms. The van der Waals surface area contributed by atoms with Crippen LogP contribution in [0.15, 0.2) is 16.9 Å². The maximum absolute atomic E-state index is 4.22. The highest BCUT2D eigenvalue weighted by Gasteiger charge is 2.21. The smallest absolute Gasteiger partial charge is 0.222 e. The molecular formula is C11H16BrN3. The second-order valence-electron chi connectivity index (χ2n) is 4.20. The molecule has 3 nitrogen and oxygen atoms in total. The quantitative estimate of drug-likeness (QED) is 0.916. The number of hydrogen-bond acceptors (Lipinski definition) is 3. The van der Waals surface area contributed by atoms with E-state index in [1.807, 2.05) is 0 Å². The van der Waals surface area contributed by atoms with E-state index in [0.29, 0.717) is 6.04 Å². The molecule has 1 aromatic rings. The normalized spacial score (nSPS) is 19.1. The third-order valence-corrected chi connectivity index (χ3v) is 3.49. The van der Waals surface area contributed by atoms with Crippen molar-refractivity contribution in [1.29, 1.82) is 0 Å². The summed E-state index contributed by atoms with van der Waals surface area (Å²) < 4.78 is 0.918. The van der Waals surface area contributed by atoms with Crippen molar-refractivity contribution in [2.45, 2.75) is 38.6 Å². The van der Waals surface area contributed by atoms with E-state index in [0.717, 1.165) is 16.3 Å². The van der Waals surface area contributed by atoms with E-state index in [-0.39, 0.29) is 0 Å². The fraction of sp³-hybridized carbons (Fsp3) is 0.636. The summed E-state index contributed by atoms with van der Waals surface area (Å²) in [7, 11) is 0. The number of nitrogens with one attached hydrogen (secondary N) is 1. The van der Waals surface area contributed by atoms with Crippen LogP contribution in [0.3, 0.4) is 0 Å². The molecule has 1 atom stereocenters. The molecule has 0 aromatic carbocycles. The van der Waals surface area contributed by atoms with Gasteiger partial charge in [-0.2, -0.15) is 0 Å². The van der Waals surface area contributed by atoms with Crippen LogP contribution in [0.5, 0.6) is 0 Å². The van der Waals surface area contributed by atoms with E-state index in [4.69, 9.17) is 0 Å². The Balaban J connectivity index is 1.92. The topological polar surface area (TPSA) is 37.8 Å². The lowest BCUT2D eigenvalue weighted by Gasteiger charge is -2.19. The number of rotatable bonds is 3. The first-order valence-electron chi connectivity index (χ1n) is 5.50. The Morgan fingerprint density at radius 1 is 1.33 bits per heavy atom. The van der Waals surface area contributed by atoms with Crippen molar-refractivity contribution < 1.29 is 0 Å². The molecule has 15 heavy (non-hydrogen) atoms. The van der Waals surface area contributed by atoms with Crippen molar-refractivity contribution in [2.24, 2.45) is 5.92 Å². The summed E-state index contributed by atoms with van der Waals surface area (Å²) >= 11 is 3.33. The van der Waals surface area contributed by atoms with Crippen molar-refractivity contribution >= 4 is 21.9 Å². The number of anilines is 1. The van der Waals surface area contributed by atoms with Gasteiger partial charge in [0.25, 0.3) is 0 Å². The average Bonchev–Trinajstić information content (AvgIpc) is 2.74. The molecule has 1 heterocycles. The number of hydrogen-bond donors (Lipinski definition) is 1. The van der Waals surface area contributed by atoms with Crippen LogP contribution in [-0.4, -0.2) is 16.0 Å². The summed E-state index contributed by atoms with van der Waals surface area (Å²) in [5, 5.41) is 3.37. The Morgan fingerprint density at radius 2 is 1.93 bits per heavy atom. The number of halogens is 1. The second-order valence-corrected chi connectivity index (χ2v) is 5.12. The third kappa shape index (κ3) is 2.91.